The molecule has 6 amide bonds. The summed E-state index contributed by atoms with van der Waals surface area (Å²) in [6.45, 7) is 5.98. The summed E-state index contributed by atoms with van der Waals surface area (Å²) in [6.07, 6.45) is 2.41. The SMILES string of the molecule is CCC(=O)NCCNC(=O)/N=C(/N)NCCC[C@@H](NC(=O)[C@@H](c1ccccc1)c1cccc(OCCCCNC(=O)CC[C@H](C)NC(C=O)N2CCN(CC(=O)O)CCN(CC(=O)O)CCN(CC(=O)O)CC2)c1)C(=O)NCc1ccc(O)cc1. The average molecular weight is 1190 g/mol. The van der Waals surface area contributed by atoms with Gasteiger partial charge in [0.15, 0.2) is 12.2 Å². The molecule has 0 spiro atoms. The van der Waals surface area contributed by atoms with Crippen LogP contribution < -0.4 is 47.7 Å². The van der Waals surface area contributed by atoms with Gasteiger partial charge in [0.25, 0.3) is 0 Å². The smallest absolute Gasteiger partial charge is 0.344 e. The highest BCUT2D eigenvalue weighted by molar-refractivity contribution is 5.93. The van der Waals surface area contributed by atoms with Crippen molar-refractivity contribution in [2.45, 2.75) is 89.5 Å². The number of carboxylic acid groups (broad SMARTS) is 3. The van der Waals surface area contributed by atoms with Crippen LogP contribution in [0, 0.1) is 0 Å². The van der Waals surface area contributed by atoms with Crippen LogP contribution in [0.5, 0.6) is 11.5 Å². The molecule has 13 N–H and O–H groups in total. The topological polar surface area (TPSA) is 379 Å². The molecule has 0 bridgehead atoms. The molecule has 1 fully saturated rings. The number of amides is 6. The number of carbonyl (C=O) groups is 9. The number of aromatic hydroxyl groups is 1. The van der Waals surface area contributed by atoms with Crippen LogP contribution in [0.1, 0.15) is 81.4 Å². The molecule has 4 atom stereocenters. The monoisotopic (exact) mass is 1190 g/mol. The van der Waals surface area contributed by atoms with E-state index < -0.39 is 53.9 Å². The van der Waals surface area contributed by atoms with Crippen LogP contribution in [-0.2, 0) is 44.9 Å². The molecule has 466 valence electrons. The van der Waals surface area contributed by atoms with Crippen LogP contribution in [0.15, 0.2) is 83.9 Å². The number of aliphatic carboxylic acids is 3. The largest absolute Gasteiger partial charge is 0.508 e. The number of hydrogen-bond donors (Lipinski definition) is 12. The van der Waals surface area contributed by atoms with E-state index in [-0.39, 0.29) is 141 Å². The Bertz CT molecular complexity index is 2600. The van der Waals surface area contributed by atoms with Gasteiger partial charge in [0.2, 0.25) is 23.6 Å². The molecule has 1 unspecified atom stereocenters. The number of nitrogens with two attached hydrogens (primary N) is 1. The number of guanidine groups is 1. The number of aldehydes is 1. The Hall–Kier alpha value is -8.24. The summed E-state index contributed by atoms with van der Waals surface area (Å²) in [7, 11) is 0. The molecule has 85 heavy (non-hydrogen) atoms. The molecular weight excluding hydrogens is 1100 g/mol. The van der Waals surface area contributed by atoms with Crippen LogP contribution in [0.3, 0.4) is 0 Å². The van der Waals surface area contributed by atoms with Gasteiger partial charge in [0.05, 0.1) is 32.2 Å². The summed E-state index contributed by atoms with van der Waals surface area (Å²) in [6, 6.07) is 20.5. The van der Waals surface area contributed by atoms with Crippen LogP contribution in [0.2, 0.25) is 0 Å². The molecule has 0 aliphatic carbocycles. The highest BCUT2D eigenvalue weighted by Gasteiger charge is 2.29. The summed E-state index contributed by atoms with van der Waals surface area (Å²) in [4.78, 5) is 123. The first-order valence-electron chi connectivity index (χ1n) is 28.6. The van der Waals surface area contributed by atoms with Crippen molar-refractivity contribution >= 4 is 59.8 Å². The van der Waals surface area contributed by atoms with Gasteiger partial charge in [-0.2, -0.15) is 4.99 Å². The predicted molar refractivity (Wildman–Crippen MR) is 315 cm³/mol. The van der Waals surface area contributed by atoms with Gasteiger partial charge in [0, 0.05) is 104 Å². The van der Waals surface area contributed by atoms with E-state index in [2.05, 4.69) is 42.2 Å². The fourth-order valence-electron chi connectivity index (χ4n) is 9.15. The van der Waals surface area contributed by atoms with Crippen molar-refractivity contribution in [3.05, 3.63) is 95.6 Å². The van der Waals surface area contributed by atoms with Crippen molar-refractivity contribution < 1.29 is 68.3 Å². The van der Waals surface area contributed by atoms with Gasteiger partial charge in [0.1, 0.15) is 23.7 Å². The van der Waals surface area contributed by atoms with Gasteiger partial charge in [-0.15, -0.1) is 0 Å². The van der Waals surface area contributed by atoms with E-state index >= 15 is 0 Å². The number of urea groups is 1. The maximum atomic E-state index is 14.5. The molecule has 1 aliphatic rings. The first-order chi connectivity index (χ1) is 40.8. The second-order valence-electron chi connectivity index (χ2n) is 20.5. The number of phenols is 1. The summed E-state index contributed by atoms with van der Waals surface area (Å²) >= 11 is 0. The summed E-state index contributed by atoms with van der Waals surface area (Å²) < 4.78 is 6.13. The number of ether oxygens (including phenoxy) is 1. The molecule has 27 heteroatoms. The number of hydrogen-bond acceptors (Lipinski definition) is 16. The minimum atomic E-state index is -1.06. The van der Waals surface area contributed by atoms with Crippen molar-refractivity contribution in [2.75, 3.05) is 105 Å². The Morgan fingerprint density at radius 2 is 1.22 bits per heavy atom. The van der Waals surface area contributed by atoms with Crippen LogP contribution in [-0.4, -0.2) is 223 Å². The lowest BCUT2D eigenvalue weighted by molar-refractivity contribution is -0.140. The molecule has 1 aliphatic heterocycles. The summed E-state index contributed by atoms with van der Waals surface area (Å²) in [5, 5.41) is 58.4. The number of carboxylic acids is 3. The highest BCUT2D eigenvalue weighted by atomic mass is 16.5. The Morgan fingerprint density at radius 1 is 0.647 bits per heavy atom. The van der Waals surface area contributed by atoms with E-state index in [9.17, 15) is 63.6 Å². The van der Waals surface area contributed by atoms with Crippen molar-refractivity contribution in [3.8, 4) is 11.5 Å². The quantitative estimate of drug-likeness (QED) is 0.0165. The molecule has 3 aromatic rings. The number of nitrogens with one attached hydrogen (secondary N) is 7. The fraction of sp³-hybridized carbons (Fsp3) is 0.517. The van der Waals surface area contributed by atoms with E-state index in [1.165, 1.54) is 12.1 Å². The summed E-state index contributed by atoms with van der Waals surface area (Å²) in [5.74, 6) is -4.86. The number of benzene rings is 3. The number of nitrogens with zero attached hydrogens (tertiary/aromatic N) is 5. The maximum absolute atomic E-state index is 14.5. The lowest BCUT2D eigenvalue weighted by Crippen LogP contribution is -2.55. The molecule has 27 nitrogen and oxygen atoms in total. The minimum absolute atomic E-state index is 0.0721. The van der Waals surface area contributed by atoms with Crippen molar-refractivity contribution in [2.24, 2.45) is 10.7 Å². The molecular formula is C58H85N13O14. The van der Waals surface area contributed by atoms with Crippen molar-refractivity contribution in [1.29, 1.82) is 0 Å². The van der Waals surface area contributed by atoms with E-state index in [0.29, 0.717) is 62.1 Å². The predicted octanol–water partition coefficient (Wildman–Crippen LogP) is 0.279. The van der Waals surface area contributed by atoms with Gasteiger partial charge in [-0.25, -0.2) is 4.79 Å². The molecule has 0 saturated carbocycles. The molecule has 0 radical (unpaired) electrons. The average Bonchev–Trinajstić information content (AvgIpc) is 3.39. The number of rotatable bonds is 34. The van der Waals surface area contributed by atoms with Crippen LogP contribution >= 0.6 is 0 Å². The first kappa shape index (κ1) is 69.3. The van der Waals surface area contributed by atoms with Crippen molar-refractivity contribution in [1.82, 2.24) is 56.8 Å². The van der Waals surface area contributed by atoms with Gasteiger partial charge in [-0.3, -0.25) is 58.5 Å². The number of carbonyl (C=O) groups excluding carboxylic acids is 6. The Kier molecular flexibility index (Phi) is 31.4. The van der Waals surface area contributed by atoms with Crippen LogP contribution in [0.4, 0.5) is 4.79 Å². The van der Waals surface area contributed by atoms with Crippen molar-refractivity contribution in [3.63, 3.8) is 0 Å². The Balaban J connectivity index is 1.30. The molecule has 4 rings (SSSR count). The Morgan fingerprint density at radius 3 is 1.82 bits per heavy atom. The van der Waals surface area contributed by atoms with E-state index in [1.54, 1.807) is 58.0 Å². The fourth-order valence-corrected chi connectivity index (χ4v) is 9.15. The zero-order valence-corrected chi connectivity index (χ0v) is 48.5. The molecule has 1 heterocycles. The minimum Gasteiger partial charge on any atom is -0.508 e. The first-order valence-corrected chi connectivity index (χ1v) is 28.6. The maximum Gasteiger partial charge on any atom is 0.344 e. The zero-order chi connectivity index (χ0) is 61.9. The third kappa shape index (κ3) is 28.3. The lowest BCUT2D eigenvalue weighted by Gasteiger charge is -2.36. The van der Waals surface area contributed by atoms with Gasteiger partial charge < -0.3 is 67.6 Å². The molecule has 1 saturated heterocycles. The standard InChI is InChI=1S/C58H85N13O14/c1-3-49(74)61-24-25-63-58(84)67-57(59)62-23-10-15-47(55(82)64-36-42-17-19-45(73)20-18-42)66-56(83)54(43-11-5-4-6-12-43)44-13-9-14-46(35-44)85-34-8-7-22-60-50(75)21-16-41(2)65-48(40-72)71-32-30-69(38-52(78)79)28-26-68(37-51(76)77)27-29-70(31-33-71)39-53(80)81/h4-6,9,11-14,17-20,35,40-41,47-48,54,65,73H,3,7-8,10,15-16,21-34,36-39H2,1-2H3,(H,60,75)(H,61,74)(H,64,82)(H,66,83)(H,76,77)(H,78,79)(H,80,81)(H4,59,62,63,67,84)/t41-,47+,48?,54-/m0/s1. The Labute approximate surface area is 495 Å². The second kappa shape index (κ2) is 38.6. The second-order valence-corrected chi connectivity index (χ2v) is 20.5. The van der Waals surface area contributed by atoms with E-state index in [4.69, 9.17) is 10.5 Å². The number of phenolic OH excluding ortho intramolecular Hbond substituents is 1. The van der Waals surface area contributed by atoms with E-state index in [1.807, 2.05) is 42.2 Å². The number of aliphatic imine (C=N–C) groups is 1. The van der Waals surface area contributed by atoms with Gasteiger partial charge in [-0.05, 0) is 80.0 Å². The van der Waals surface area contributed by atoms with Gasteiger partial charge in [-0.1, -0.05) is 61.5 Å². The summed E-state index contributed by atoms with van der Waals surface area (Å²) in [5.41, 5.74) is 7.93. The third-order valence-electron chi connectivity index (χ3n) is 13.8. The normalized spacial score (nSPS) is 15.5. The number of unbranched alkanes of at least 4 members (excludes halogenated alkanes) is 1. The lowest BCUT2D eigenvalue weighted by atomic mass is 9.90. The van der Waals surface area contributed by atoms with Gasteiger partial charge >= 0.3 is 23.9 Å². The zero-order valence-electron chi connectivity index (χ0n) is 48.5. The van der Waals surface area contributed by atoms with E-state index in [0.717, 1.165) is 11.8 Å². The van der Waals surface area contributed by atoms with Crippen LogP contribution in [0.25, 0.3) is 0 Å². The highest BCUT2D eigenvalue weighted by Crippen LogP contribution is 2.28. The molecule has 3 aromatic carbocycles. The molecule has 0 aromatic heterocycles. The third-order valence-corrected chi connectivity index (χ3v) is 13.8.